The lowest BCUT2D eigenvalue weighted by Crippen LogP contribution is -2.31. The number of carbonyl (C=O) groups excluding carboxylic acids is 2. The number of amides is 1. The zero-order valence-corrected chi connectivity index (χ0v) is 17.2. The van der Waals surface area contributed by atoms with Crippen molar-refractivity contribution in [2.24, 2.45) is 0 Å². The second kappa shape index (κ2) is 9.01. The van der Waals surface area contributed by atoms with E-state index >= 15 is 0 Å². The van der Waals surface area contributed by atoms with E-state index in [-0.39, 0.29) is 23.0 Å². The third-order valence-corrected chi connectivity index (χ3v) is 5.16. The lowest BCUT2D eigenvalue weighted by molar-refractivity contribution is -0.147. The van der Waals surface area contributed by atoms with Crippen LogP contribution in [-0.4, -0.2) is 32.7 Å². The summed E-state index contributed by atoms with van der Waals surface area (Å²) in [6.45, 7) is 5.46. The van der Waals surface area contributed by atoms with Gasteiger partial charge in [0.25, 0.3) is 5.91 Å². The topological polar surface area (TPSA) is 89.5 Å². The molecule has 1 atom stereocenters. The monoisotopic (exact) mass is 403 g/mol. The summed E-state index contributed by atoms with van der Waals surface area (Å²) in [5.41, 5.74) is 2.02. The minimum atomic E-state index is -3.43. The van der Waals surface area contributed by atoms with E-state index in [1.807, 2.05) is 31.2 Å². The van der Waals surface area contributed by atoms with Gasteiger partial charge in [0, 0.05) is 11.8 Å². The molecule has 0 bridgehead atoms. The van der Waals surface area contributed by atoms with Crippen LogP contribution in [-0.2, 0) is 19.4 Å². The van der Waals surface area contributed by atoms with E-state index in [2.05, 4.69) is 5.32 Å². The molecule has 0 spiro atoms. The van der Waals surface area contributed by atoms with E-state index in [9.17, 15) is 18.0 Å². The highest BCUT2D eigenvalue weighted by atomic mass is 32.2. The van der Waals surface area contributed by atoms with Crippen LogP contribution in [0.25, 0.3) is 0 Å². The fourth-order valence-corrected chi connectivity index (χ4v) is 3.31. The molecule has 150 valence electrons. The van der Waals surface area contributed by atoms with E-state index in [1.54, 1.807) is 13.8 Å². The molecule has 0 fully saturated rings. The number of nitrogens with one attached hydrogen (secondary N) is 1. The standard InChI is InChI=1S/C21H25NO5S/c1-14(2)27-20(23)13-19(16-10-8-15(3)9-11-16)22-21(24)17-6-5-7-18(12-17)28(4,25)26/h5-12,14,19H,13H2,1-4H3,(H,22,24). The molecular formula is C21H25NO5S. The minimum absolute atomic E-state index is 0.0290. The van der Waals surface area contributed by atoms with Gasteiger partial charge in [-0.3, -0.25) is 9.59 Å². The van der Waals surface area contributed by atoms with Gasteiger partial charge in [0.2, 0.25) is 0 Å². The zero-order valence-electron chi connectivity index (χ0n) is 16.4. The minimum Gasteiger partial charge on any atom is -0.463 e. The first-order valence-electron chi connectivity index (χ1n) is 8.93. The Bertz CT molecular complexity index is 949. The van der Waals surface area contributed by atoms with E-state index in [0.717, 1.165) is 17.4 Å². The van der Waals surface area contributed by atoms with Crippen LogP contribution in [0.5, 0.6) is 0 Å². The molecule has 0 aliphatic carbocycles. The molecular weight excluding hydrogens is 378 g/mol. The maximum absolute atomic E-state index is 12.7. The Balaban J connectivity index is 2.27. The Morgan fingerprint density at radius 1 is 1.07 bits per heavy atom. The third-order valence-electron chi connectivity index (χ3n) is 4.05. The Kier molecular flexibility index (Phi) is 6.96. The molecule has 2 aromatic rings. The maximum atomic E-state index is 12.7. The highest BCUT2D eigenvalue weighted by Crippen LogP contribution is 2.20. The first kappa shape index (κ1) is 21.6. The number of rotatable bonds is 7. The molecule has 2 aromatic carbocycles. The molecule has 0 saturated heterocycles. The van der Waals surface area contributed by atoms with Gasteiger partial charge in [0.15, 0.2) is 9.84 Å². The van der Waals surface area contributed by atoms with Gasteiger partial charge in [0.1, 0.15) is 0 Å². The lowest BCUT2D eigenvalue weighted by atomic mass is 10.0. The van der Waals surface area contributed by atoms with Crippen molar-refractivity contribution in [2.75, 3.05) is 6.26 Å². The van der Waals surface area contributed by atoms with Crippen molar-refractivity contribution < 1.29 is 22.7 Å². The molecule has 2 rings (SSSR count). The van der Waals surface area contributed by atoms with Crippen LogP contribution < -0.4 is 5.32 Å². The molecule has 0 aromatic heterocycles. The van der Waals surface area contributed by atoms with Gasteiger partial charge in [-0.15, -0.1) is 0 Å². The number of hydrogen-bond donors (Lipinski definition) is 1. The zero-order chi connectivity index (χ0) is 20.9. The number of sulfone groups is 1. The second-order valence-electron chi connectivity index (χ2n) is 6.98. The van der Waals surface area contributed by atoms with Crippen LogP contribution >= 0.6 is 0 Å². The largest absolute Gasteiger partial charge is 0.463 e. The van der Waals surface area contributed by atoms with Crippen molar-refractivity contribution in [2.45, 2.75) is 44.2 Å². The summed E-state index contributed by atoms with van der Waals surface area (Å²) < 4.78 is 28.7. The van der Waals surface area contributed by atoms with Crippen LogP contribution in [0.1, 0.15) is 47.8 Å². The highest BCUT2D eigenvalue weighted by Gasteiger charge is 2.21. The van der Waals surface area contributed by atoms with Gasteiger partial charge in [-0.2, -0.15) is 0 Å². The van der Waals surface area contributed by atoms with Crippen molar-refractivity contribution in [1.29, 1.82) is 0 Å². The molecule has 1 unspecified atom stereocenters. The number of hydrogen-bond acceptors (Lipinski definition) is 5. The molecule has 0 aliphatic heterocycles. The number of aryl methyl sites for hydroxylation is 1. The second-order valence-corrected chi connectivity index (χ2v) is 9.00. The predicted molar refractivity (Wildman–Crippen MR) is 107 cm³/mol. The summed E-state index contributed by atoms with van der Waals surface area (Å²) in [6.07, 6.45) is 0.799. The number of esters is 1. The Morgan fingerprint density at radius 2 is 1.71 bits per heavy atom. The summed E-state index contributed by atoms with van der Waals surface area (Å²) in [6, 6.07) is 12.7. The average Bonchev–Trinajstić information content (AvgIpc) is 2.60. The Hall–Kier alpha value is -2.67. The van der Waals surface area contributed by atoms with E-state index < -0.39 is 27.8 Å². The van der Waals surface area contributed by atoms with Crippen LogP contribution in [0.3, 0.4) is 0 Å². The van der Waals surface area contributed by atoms with Crippen molar-refractivity contribution in [3.63, 3.8) is 0 Å². The molecule has 28 heavy (non-hydrogen) atoms. The average molecular weight is 404 g/mol. The van der Waals surface area contributed by atoms with E-state index in [0.29, 0.717) is 0 Å². The summed E-state index contributed by atoms with van der Waals surface area (Å²) in [4.78, 5) is 24.9. The van der Waals surface area contributed by atoms with Gasteiger partial charge in [0.05, 0.1) is 23.5 Å². The lowest BCUT2D eigenvalue weighted by Gasteiger charge is -2.20. The fraction of sp³-hybridized carbons (Fsp3) is 0.333. The van der Waals surface area contributed by atoms with Crippen LogP contribution in [0.2, 0.25) is 0 Å². The van der Waals surface area contributed by atoms with Gasteiger partial charge < -0.3 is 10.1 Å². The molecule has 0 heterocycles. The van der Waals surface area contributed by atoms with Crippen molar-refractivity contribution in [3.05, 3.63) is 65.2 Å². The number of ether oxygens (including phenoxy) is 1. The fourth-order valence-electron chi connectivity index (χ4n) is 2.64. The van der Waals surface area contributed by atoms with Gasteiger partial charge in [-0.25, -0.2) is 8.42 Å². The van der Waals surface area contributed by atoms with Crippen molar-refractivity contribution in [1.82, 2.24) is 5.32 Å². The molecule has 6 nitrogen and oxygen atoms in total. The molecule has 1 amide bonds. The van der Waals surface area contributed by atoms with Crippen LogP contribution in [0, 0.1) is 6.92 Å². The SMILES string of the molecule is Cc1ccc(C(CC(=O)OC(C)C)NC(=O)c2cccc(S(C)(=O)=O)c2)cc1. The molecule has 0 aliphatic rings. The van der Waals surface area contributed by atoms with Crippen LogP contribution in [0.15, 0.2) is 53.4 Å². The number of benzene rings is 2. The van der Waals surface area contributed by atoms with Crippen molar-refractivity contribution >= 4 is 21.7 Å². The van der Waals surface area contributed by atoms with E-state index in [1.165, 1.54) is 24.3 Å². The van der Waals surface area contributed by atoms with Gasteiger partial charge in [-0.1, -0.05) is 35.9 Å². The van der Waals surface area contributed by atoms with E-state index in [4.69, 9.17) is 4.74 Å². The predicted octanol–water partition coefficient (Wildman–Crippen LogP) is 3.21. The maximum Gasteiger partial charge on any atom is 0.308 e. The third kappa shape index (κ3) is 6.20. The molecule has 0 radical (unpaired) electrons. The molecule has 1 N–H and O–H groups in total. The quantitative estimate of drug-likeness (QED) is 0.717. The summed E-state index contributed by atoms with van der Waals surface area (Å²) >= 11 is 0. The van der Waals surface area contributed by atoms with Crippen LogP contribution in [0.4, 0.5) is 0 Å². The summed E-state index contributed by atoms with van der Waals surface area (Å²) in [5.74, 6) is -0.890. The normalized spacial score (nSPS) is 12.5. The smallest absolute Gasteiger partial charge is 0.308 e. The highest BCUT2D eigenvalue weighted by molar-refractivity contribution is 7.90. The Morgan fingerprint density at radius 3 is 2.29 bits per heavy atom. The first-order valence-corrected chi connectivity index (χ1v) is 10.8. The van der Waals surface area contributed by atoms with Gasteiger partial charge >= 0.3 is 5.97 Å². The molecule has 0 saturated carbocycles. The Labute approximate surface area is 165 Å². The summed E-state index contributed by atoms with van der Waals surface area (Å²) in [7, 11) is -3.43. The van der Waals surface area contributed by atoms with Gasteiger partial charge in [-0.05, 0) is 44.5 Å². The molecule has 7 heteroatoms. The summed E-state index contributed by atoms with van der Waals surface area (Å²) in [5, 5.41) is 2.82. The number of carbonyl (C=O) groups is 2. The van der Waals surface area contributed by atoms with Crippen molar-refractivity contribution in [3.8, 4) is 0 Å². The first-order chi connectivity index (χ1) is 13.1.